The van der Waals surface area contributed by atoms with Gasteiger partial charge in [0.15, 0.2) is 0 Å². The van der Waals surface area contributed by atoms with Crippen molar-refractivity contribution in [2.45, 2.75) is 39.2 Å². The molecule has 1 N–H and O–H groups in total. The number of thiazole rings is 1. The van der Waals surface area contributed by atoms with E-state index in [9.17, 15) is 4.79 Å². The smallest absolute Gasteiger partial charge is 0.329 e. The van der Waals surface area contributed by atoms with Crippen molar-refractivity contribution in [3.8, 4) is 0 Å². The van der Waals surface area contributed by atoms with E-state index in [1.807, 2.05) is 5.38 Å². The lowest BCUT2D eigenvalue weighted by molar-refractivity contribution is -0.146. The van der Waals surface area contributed by atoms with Crippen LogP contribution in [0.5, 0.6) is 0 Å². The predicted molar refractivity (Wildman–Crippen MR) is 80.1 cm³/mol. The van der Waals surface area contributed by atoms with E-state index in [2.05, 4.69) is 31.1 Å². The lowest BCUT2D eigenvalue weighted by Crippen LogP contribution is -2.33. The molecular weight excluding hydrogens is 276 g/mol. The first-order chi connectivity index (χ1) is 9.40. The fourth-order valence-electron chi connectivity index (χ4n) is 1.60. The molecule has 20 heavy (non-hydrogen) atoms. The van der Waals surface area contributed by atoms with E-state index < -0.39 is 6.04 Å². The molecule has 0 bridgehead atoms. The summed E-state index contributed by atoms with van der Waals surface area (Å²) in [5, 5.41) is 6.06. The monoisotopic (exact) mass is 300 g/mol. The Morgan fingerprint density at radius 1 is 1.50 bits per heavy atom. The van der Waals surface area contributed by atoms with E-state index in [0.29, 0.717) is 19.8 Å². The van der Waals surface area contributed by atoms with Gasteiger partial charge in [0, 0.05) is 24.4 Å². The van der Waals surface area contributed by atoms with Crippen molar-refractivity contribution in [1.29, 1.82) is 0 Å². The minimum atomic E-state index is -0.530. The average Bonchev–Trinajstić information content (AvgIpc) is 2.84. The molecule has 0 spiro atoms. The highest BCUT2D eigenvalue weighted by molar-refractivity contribution is 7.09. The highest BCUT2D eigenvalue weighted by atomic mass is 32.1. The summed E-state index contributed by atoms with van der Waals surface area (Å²) >= 11 is 1.57. The Kier molecular flexibility index (Phi) is 6.58. The molecule has 0 aliphatic rings. The summed E-state index contributed by atoms with van der Waals surface area (Å²) in [5.41, 5.74) is 0.698. The Hall–Kier alpha value is -0.980. The number of aromatic nitrogens is 1. The van der Waals surface area contributed by atoms with Gasteiger partial charge >= 0.3 is 5.97 Å². The van der Waals surface area contributed by atoms with Gasteiger partial charge in [0.1, 0.15) is 6.04 Å². The first kappa shape index (κ1) is 17.1. The SMILES string of the molecule is CCOC(=O)C(NCCOC)c1csc(C(C)(C)C)n1. The van der Waals surface area contributed by atoms with Crippen molar-refractivity contribution < 1.29 is 14.3 Å². The Balaban J connectivity index is 2.86. The average molecular weight is 300 g/mol. The highest BCUT2D eigenvalue weighted by Gasteiger charge is 2.26. The fourth-order valence-corrected chi connectivity index (χ4v) is 2.54. The number of rotatable bonds is 7. The molecule has 5 nitrogen and oxygen atoms in total. The van der Waals surface area contributed by atoms with Crippen molar-refractivity contribution in [1.82, 2.24) is 10.3 Å². The maximum Gasteiger partial charge on any atom is 0.329 e. The summed E-state index contributed by atoms with van der Waals surface area (Å²) in [6.07, 6.45) is 0. The summed E-state index contributed by atoms with van der Waals surface area (Å²) in [7, 11) is 1.63. The normalized spacial score (nSPS) is 13.2. The number of hydrogen-bond acceptors (Lipinski definition) is 6. The lowest BCUT2D eigenvalue weighted by Gasteiger charge is -2.16. The molecule has 1 unspecified atom stereocenters. The molecule has 0 saturated heterocycles. The topological polar surface area (TPSA) is 60.5 Å². The summed E-state index contributed by atoms with van der Waals surface area (Å²) in [4.78, 5) is 16.6. The van der Waals surface area contributed by atoms with E-state index in [1.54, 1.807) is 25.4 Å². The van der Waals surface area contributed by atoms with Crippen LogP contribution in [0.25, 0.3) is 0 Å². The van der Waals surface area contributed by atoms with Gasteiger partial charge in [0.25, 0.3) is 0 Å². The molecule has 0 saturated carbocycles. The minimum Gasteiger partial charge on any atom is -0.465 e. The number of nitrogens with one attached hydrogen (secondary N) is 1. The molecule has 1 heterocycles. The Morgan fingerprint density at radius 3 is 2.70 bits per heavy atom. The van der Waals surface area contributed by atoms with Gasteiger partial charge in [0.2, 0.25) is 0 Å². The lowest BCUT2D eigenvalue weighted by atomic mass is 9.98. The Morgan fingerprint density at radius 2 is 2.20 bits per heavy atom. The largest absolute Gasteiger partial charge is 0.465 e. The summed E-state index contributed by atoms with van der Waals surface area (Å²) in [6, 6.07) is -0.530. The van der Waals surface area contributed by atoms with Gasteiger partial charge in [-0.05, 0) is 6.92 Å². The van der Waals surface area contributed by atoms with Crippen LogP contribution in [-0.4, -0.2) is 37.8 Å². The van der Waals surface area contributed by atoms with Crippen LogP contribution in [0.1, 0.15) is 44.4 Å². The molecule has 0 aromatic carbocycles. The Labute approximate surface area is 124 Å². The van der Waals surface area contributed by atoms with Crippen molar-refractivity contribution >= 4 is 17.3 Å². The fraction of sp³-hybridized carbons (Fsp3) is 0.714. The molecule has 0 amide bonds. The van der Waals surface area contributed by atoms with Crippen molar-refractivity contribution in [3.05, 3.63) is 16.1 Å². The maximum absolute atomic E-state index is 12.0. The quantitative estimate of drug-likeness (QED) is 0.618. The third-order valence-corrected chi connectivity index (χ3v) is 3.92. The van der Waals surface area contributed by atoms with Gasteiger partial charge in [-0.2, -0.15) is 0 Å². The molecule has 1 atom stereocenters. The summed E-state index contributed by atoms with van der Waals surface area (Å²) in [5.74, 6) is -0.297. The van der Waals surface area contributed by atoms with Gasteiger partial charge in [0.05, 0.1) is 23.9 Å². The predicted octanol–water partition coefficient (Wildman–Crippen LogP) is 2.28. The molecule has 0 aliphatic carbocycles. The number of hydrogen-bond donors (Lipinski definition) is 1. The zero-order valence-corrected chi connectivity index (χ0v) is 13.7. The number of carbonyl (C=O) groups is 1. The van der Waals surface area contributed by atoms with Crippen LogP contribution in [0, 0.1) is 0 Å². The zero-order valence-electron chi connectivity index (χ0n) is 12.9. The van der Waals surface area contributed by atoms with Crippen LogP contribution in [0.4, 0.5) is 0 Å². The summed E-state index contributed by atoms with van der Waals surface area (Å²) in [6.45, 7) is 9.58. The number of esters is 1. The van der Waals surface area contributed by atoms with Crippen LogP contribution in [0.15, 0.2) is 5.38 Å². The third-order valence-electron chi connectivity index (χ3n) is 2.64. The first-order valence-corrected chi connectivity index (χ1v) is 7.63. The standard InChI is InChI=1S/C14H24N2O3S/c1-6-19-12(17)11(15-7-8-18-5)10-9-20-13(16-10)14(2,3)4/h9,11,15H,6-8H2,1-5H3. The third kappa shape index (κ3) is 4.85. The molecule has 114 valence electrons. The van der Waals surface area contributed by atoms with Gasteiger partial charge < -0.3 is 9.47 Å². The van der Waals surface area contributed by atoms with E-state index in [-0.39, 0.29) is 11.4 Å². The number of ether oxygens (including phenoxy) is 2. The van der Waals surface area contributed by atoms with E-state index in [0.717, 1.165) is 10.7 Å². The second-order valence-corrected chi connectivity index (χ2v) is 6.32. The van der Waals surface area contributed by atoms with Crippen LogP contribution >= 0.6 is 11.3 Å². The van der Waals surface area contributed by atoms with Gasteiger partial charge in [-0.25, -0.2) is 9.78 Å². The van der Waals surface area contributed by atoms with Crippen molar-refractivity contribution in [2.75, 3.05) is 26.9 Å². The minimum absolute atomic E-state index is 0.0192. The zero-order chi connectivity index (χ0) is 15.2. The van der Waals surface area contributed by atoms with E-state index >= 15 is 0 Å². The van der Waals surface area contributed by atoms with Gasteiger partial charge in [-0.3, -0.25) is 5.32 Å². The number of carbonyl (C=O) groups excluding carboxylic acids is 1. The highest BCUT2D eigenvalue weighted by Crippen LogP contribution is 2.28. The molecule has 0 aliphatic heterocycles. The van der Waals surface area contributed by atoms with Crippen molar-refractivity contribution in [3.63, 3.8) is 0 Å². The van der Waals surface area contributed by atoms with Crippen LogP contribution < -0.4 is 5.32 Å². The molecule has 1 aromatic heterocycles. The maximum atomic E-state index is 12.0. The van der Waals surface area contributed by atoms with Gasteiger partial charge in [-0.1, -0.05) is 20.8 Å². The van der Waals surface area contributed by atoms with E-state index in [1.165, 1.54) is 0 Å². The second kappa shape index (κ2) is 7.71. The molecule has 0 radical (unpaired) electrons. The molecule has 6 heteroatoms. The van der Waals surface area contributed by atoms with Crippen LogP contribution in [0.3, 0.4) is 0 Å². The first-order valence-electron chi connectivity index (χ1n) is 6.75. The number of nitrogens with zero attached hydrogens (tertiary/aromatic N) is 1. The number of methoxy groups -OCH3 is 1. The molecular formula is C14H24N2O3S. The van der Waals surface area contributed by atoms with E-state index in [4.69, 9.17) is 9.47 Å². The summed E-state index contributed by atoms with van der Waals surface area (Å²) < 4.78 is 10.1. The molecule has 1 rings (SSSR count). The van der Waals surface area contributed by atoms with Crippen LogP contribution in [-0.2, 0) is 19.7 Å². The molecule has 0 fully saturated rings. The Bertz CT molecular complexity index is 426. The van der Waals surface area contributed by atoms with Crippen molar-refractivity contribution in [2.24, 2.45) is 0 Å². The van der Waals surface area contributed by atoms with Crippen LogP contribution in [0.2, 0.25) is 0 Å². The second-order valence-electron chi connectivity index (χ2n) is 5.46. The van der Waals surface area contributed by atoms with Gasteiger partial charge in [-0.15, -0.1) is 11.3 Å². The molecule has 1 aromatic rings.